The summed E-state index contributed by atoms with van der Waals surface area (Å²) in [5.74, 6) is 0.386. The minimum absolute atomic E-state index is 0.0529. The summed E-state index contributed by atoms with van der Waals surface area (Å²) in [6.45, 7) is 11.3. The summed E-state index contributed by atoms with van der Waals surface area (Å²) in [7, 11) is 1.48. The number of esters is 1. The maximum atomic E-state index is 12.2. The van der Waals surface area contributed by atoms with Crippen LogP contribution in [0.2, 0.25) is 0 Å². The van der Waals surface area contributed by atoms with Gasteiger partial charge in [0.2, 0.25) is 0 Å². The molecule has 6 nitrogen and oxygen atoms in total. The summed E-state index contributed by atoms with van der Waals surface area (Å²) in [5.41, 5.74) is 5.21. The molecule has 3 aliphatic rings. The molecule has 31 heavy (non-hydrogen) atoms. The Labute approximate surface area is 185 Å². The van der Waals surface area contributed by atoms with Gasteiger partial charge in [-0.3, -0.25) is 9.69 Å². The number of amides is 1. The molecule has 0 radical (unpaired) electrons. The van der Waals surface area contributed by atoms with Crippen LogP contribution >= 0.6 is 0 Å². The van der Waals surface area contributed by atoms with Crippen LogP contribution in [-0.4, -0.2) is 60.8 Å². The normalized spacial score (nSPS) is 22.7. The highest BCUT2D eigenvalue weighted by atomic mass is 16.6. The molecule has 1 aliphatic carbocycles. The Morgan fingerprint density at radius 1 is 1.06 bits per heavy atom. The Morgan fingerprint density at radius 2 is 1.74 bits per heavy atom. The molecule has 1 atom stereocenters. The van der Waals surface area contributed by atoms with Crippen molar-refractivity contribution in [2.45, 2.75) is 70.9 Å². The molecular formula is C25H36N2O4. The molecule has 0 saturated carbocycles. The lowest BCUT2D eigenvalue weighted by Crippen LogP contribution is -2.50. The molecule has 2 saturated heterocycles. The van der Waals surface area contributed by atoms with Crippen molar-refractivity contribution in [1.82, 2.24) is 9.80 Å². The van der Waals surface area contributed by atoms with Crippen molar-refractivity contribution in [1.29, 1.82) is 0 Å². The zero-order valence-corrected chi connectivity index (χ0v) is 19.6. The summed E-state index contributed by atoms with van der Waals surface area (Å²) in [6.07, 6.45) is 3.82. The molecule has 2 fully saturated rings. The van der Waals surface area contributed by atoms with Crippen LogP contribution in [0.25, 0.3) is 0 Å². The average molecular weight is 429 g/mol. The van der Waals surface area contributed by atoms with Crippen LogP contribution in [0.5, 0.6) is 0 Å². The Bertz CT molecular complexity index is 846. The van der Waals surface area contributed by atoms with Crippen molar-refractivity contribution in [3.8, 4) is 0 Å². The van der Waals surface area contributed by atoms with Gasteiger partial charge in [0.05, 0.1) is 13.0 Å². The van der Waals surface area contributed by atoms with Crippen LogP contribution in [-0.2, 0) is 20.7 Å². The second-order valence-corrected chi connectivity index (χ2v) is 10.4. The van der Waals surface area contributed by atoms with Crippen LogP contribution in [0, 0.1) is 12.8 Å². The molecule has 0 spiro atoms. The molecular weight excluding hydrogens is 392 g/mol. The zero-order chi connectivity index (χ0) is 22.3. The van der Waals surface area contributed by atoms with E-state index < -0.39 is 5.60 Å². The Balaban J connectivity index is 1.39. The van der Waals surface area contributed by atoms with E-state index in [0.29, 0.717) is 12.0 Å². The number of hydrogen-bond donors (Lipinski definition) is 0. The number of carbonyl (C=O) groups is 2. The predicted molar refractivity (Wildman–Crippen MR) is 119 cm³/mol. The van der Waals surface area contributed by atoms with E-state index in [1.54, 1.807) is 4.90 Å². The van der Waals surface area contributed by atoms with Crippen molar-refractivity contribution < 1.29 is 19.1 Å². The molecule has 0 bridgehead atoms. The number of nitrogens with zero attached hydrogens (tertiary/aromatic N) is 2. The number of carbonyl (C=O) groups excluding carboxylic acids is 2. The highest BCUT2D eigenvalue weighted by Crippen LogP contribution is 2.42. The summed E-state index contributed by atoms with van der Waals surface area (Å²) < 4.78 is 10.4. The number of fused-ring (bicyclic) bond motifs is 1. The van der Waals surface area contributed by atoms with Gasteiger partial charge in [0.1, 0.15) is 5.60 Å². The van der Waals surface area contributed by atoms with E-state index in [4.69, 9.17) is 9.47 Å². The van der Waals surface area contributed by atoms with Gasteiger partial charge in [0, 0.05) is 25.0 Å². The molecule has 1 unspecified atom stereocenters. The molecule has 0 N–H and O–H groups in total. The quantitative estimate of drug-likeness (QED) is 0.676. The monoisotopic (exact) mass is 428 g/mol. The van der Waals surface area contributed by atoms with E-state index in [0.717, 1.165) is 51.9 Å². The number of benzene rings is 1. The predicted octanol–water partition coefficient (Wildman–Crippen LogP) is 4.20. The topological polar surface area (TPSA) is 59.1 Å². The SMILES string of the molecule is COC(=O)C1CCN(C2CCc3cc(C4CN(C(=O)OC(C)(C)C)C4)cc(C)c32)CC1. The first-order valence-electron chi connectivity index (χ1n) is 11.6. The summed E-state index contributed by atoms with van der Waals surface area (Å²) in [5, 5.41) is 0. The average Bonchev–Trinajstić information content (AvgIpc) is 3.09. The van der Waals surface area contributed by atoms with E-state index in [9.17, 15) is 9.59 Å². The summed E-state index contributed by atoms with van der Waals surface area (Å²) >= 11 is 0. The Kier molecular flexibility index (Phi) is 6.03. The molecule has 1 amide bonds. The molecule has 6 heteroatoms. The second kappa shape index (κ2) is 8.45. The second-order valence-electron chi connectivity index (χ2n) is 10.4. The number of methoxy groups -OCH3 is 1. The van der Waals surface area contributed by atoms with Gasteiger partial charge in [0.15, 0.2) is 0 Å². The van der Waals surface area contributed by atoms with Crippen molar-refractivity contribution in [3.63, 3.8) is 0 Å². The molecule has 0 aromatic heterocycles. The van der Waals surface area contributed by atoms with Crippen molar-refractivity contribution in [3.05, 3.63) is 34.4 Å². The van der Waals surface area contributed by atoms with Gasteiger partial charge in [-0.2, -0.15) is 0 Å². The fourth-order valence-corrected chi connectivity index (χ4v) is 5.40. The lowest BCUT2D eigenvalue weighted by Gasteiger charge is -2.40. The van der Waals surface area contributed by atoms with Gasteiger partial charge in [-0.15, -0.1) is 0 Å². The van der Waals surface area contributed by atoms with Crippen LogP contribution < -0.4 is 0 Å². The number of aryl methyl sites for hydroxylation is 2. The van der Waals surface area contributed by atoms with Gasteiger partial charge in [0.25, 0.3) is 0 Å². The summed E-state index contributed by atoms with van der Waals surface area (Å²) in [4.78, 5) is 28.4. The lowest BCUT2D eigenvalue weighted by molar-refractivity contribution is -0.147. The van der Waals surface area contributed by atoms with Gasteiger partial charge in [-0.25, -0.2) is 4.79 Å². The third-order valence-electron chi connectivity index (χ3n) is 7.02. The van der Waals surface area contributed by atoms with Crippen LogP contribution in [0.3, 0.4) is 0 Å². The molecule has 2 heterocycles. The third kappa shape index (κ3) is 4.59. The fraction of sp³-hybridized carbons (Fsp3) is 0.680. The van der Waals surface area contributed by atoms with Crippen LogP contribution in [0.4, 0.5) is 4.79 Å². The highest BCUT2D eigenvalue weighted by molar-refractivity contribution is 5.72. The van der Waals surface area contributed by atoms with Crippen molar-refractivity contribution >= 4 is 12.1 Å². The Hall–Kier alpha value is -2.08. The van der Waals surface area contributed by atoms with E-state index in [1.165, 1.54) is 29.4 Å². The standard InChI is InChI=1S/C25H36N2O4/c1-16-12-19(20-14-27(15-20)24(29)31-25(2,3)4)13-18-6-7-21(22(16)18)26-10-8-17(9-11-26)23(28)30-5/h12-13,17,20-21H,6-11,14-15H2,1-5H3. The largest absolute Gasteiger partial charge is 0.469 e. The first kappa shape index (κ1) is 22.1. The first-order valence-corrected chi connectivity index (χ1v) is 11.6. The van der Waals surface area contributed by atoms with Crippen molar-refractivity contribution in [2.75, 3.05) is 33.3 Å². The minimum atomic E-state index is -0.452. The van der Waals surface area contributed by atoms with Gasteiger partial charge >= 0.3 is 12.1 Å². The number of rotatable bonds is 3. The number of likely N-dealkylation sites (tertiary alicyclic amines) is 2. The minimum Gasteiger partial charge on any atom is -0.469 e. The van der Waals surface area contributed by atoms with Crippen LogP contribution in [0.1, 0.15) is 74.2 Å². The van der Waals surface area contributed by atoms with Gasteiger partial charge < -0.3 is 14.4 Å². The highest BCUT2D eigenvalue weighted by Gasteiger charge is 2.37. The maximum absolute atomic E-state index is 12.2. The molecule has 170 valence electrons. The molecule has 4 rings (SSSR count). The number of ether oxygens (including phenoxy) is 2. The van der Waals surface area contributed by atoms with Gasteiger partial charge in [-0.05, 0) is 88.7 Å². The lowest BCUT2D eigenvalue weighted by atomic mass is 9.87. The van der Waals surface area contributed by atoms with E-state index in [-0.39, 0.29) is 18.0 Å². The Morgan fingerprint density at radius 3 is 2.35 bits per heavy atom. The van der Waals surface area contributed by atoms with E-state index >= 15 is 0 Å². The molecule has 1 aromatic carbocycles. The maximum Gasteiger partial charge on any atom is 0.410 e. The van der Waals surface area contributed by atoms with E-state index in [1.807, 2.05) is 20.8 Å². The smallest absolute Gasteiger partial charge is 0.410 e. The van der Waals surface area contributed by atoms with Gasteiger partial charge in [-0.1, -0.05) is 12.1 Å². The number of piperidine rings is 1. The third-order valence-corrected chi connectivity index (χ3v) is 7.02. The van der Waals surface area contributed by atoms with E-state index in [2.05, 4.69) is 24.0 Å². The fourth-order valence-electron chi connectivity index (χ4n) is 5.40. The number of hydrogen-bond acceptors (Lipinski definition) is 5. The zero-order valence-electron chi connectivity index (χ0n) is 19.6. The summed E-state index contributed by atoms with van der Waals surface area (Å²) in [6, 6.07) is 5.16. The molecule has 2 aliphatic heterocycles. The van der Waals surface area contributed by atoms with Crippen molar-refractivity contribution in [2.24, 2.45) is 5.92 Å². The molecule has 1 aromatic rings. The van der Waals surface area contributed by atoms with Crippen LogP contribution in [0.15, 0.2) is 12.1 Å². The first-order chi connectivity index (χ1) is 14.7.